The first-order valence-electron chi connectivity index (χ1n) is 10.1. The monoisotopic (exact) mass is 477 g/mol. The highest BCUT2D eigenvalue weighted by molar-refractivity contribution is 5.91. The molecule has 3 rings (SSSR count). The number of aromatic nitrogens is 1. The van der Waals surface area contributed by atoms with E-state index in [0.717, 1.165) is 12.1 Å². The molecule has 0 N–H and O–H groups in total. The molecular weight excluding hydrogens is 455 g/mol. The Hall–Kier alpha value is -3.95. The van der Waals surface area contributed by atoms with E-state index in [1.807, 2.05) is 0 Å². The molecule has 0 aliphatic rings. The van der Waals surface area contributed by atoms with Crippen molar-refractivity contribution in [3.05, 3.63) is 71.9 Å². The Balaban J connectivity index is 1.57. The Morgan fingerprint density at radius 1 is 0.912 bits per heavy atom. The number of ether oxygens (including phenoxy) is 5. The van der Waals surface area contributed by atoms with Crippen molar-refractivity contribution in [2.45, 2.75) is 12.6 Å². The molecule has 180 valence electrons. The van der Waals surface area contributed by atoms with Gasteiger partial charge in [0.25, 0.3) is 0 Å². The molecule has 0 saturated carbocycles. The van der Waals surface area contributed by atoms with Gasteiger partial charge in [-0.25, -0.2) is 9.78 Å². The summed E-state index contributed by atoms with van der Waals surface area (Å²) in [5.41, 5.74) is -0.455. The first-order chi connectivity index (χ1) is 16.3. The van der Waals surface area contributed by atoms with Gasteiger partial charge in [-0.05, 0) is 18.2 Å². The second-order valence-electron chi connectivity index (χ2n) is 6.85. The number of pyridine rings is 1. The van der Waals surface area contributed by atoms with Crippen molar-refractivity contribution in [2.75, 3.05) is 27.4 Å². The first-order valence-corrected chi connectivity index (χ1v) is 10.1. The summed E-state index contributed by atoms with van der Waals surface area (Å²) in [5.74, 6) is 0.644. The van der Waals surface area contributed by atoms with Crippen LogP contribution in [0.5, 0.6) is 28.9 Å². The summed E-state index contributed by atoms with van der Waals surface area (Å²) in [4.78, 5) is 16.0. The maximum atomic E-state index is 12.6. The lowest BCUT2D eigenvalue weighted by Crippen LogP contribution is -2.10. The summed E-state index contributed by atoms with van der Waals surface area (Å²) >= 11 is 0. The molecule has 10 heteroatoms. The molecule has 0 aliphatic heterocycles. The van der Waals surface area contributed by atoms with Crippen LogP contribution < -0.4 is 23.7 Å². The fourth-order valence-corrected chi connectivity index (χ4v) is 2.84. The Kier molecular flexibility index (Phi) is 8.18. The van der Waals surface area contributed by atoms with E-state index in [4.69, 9.17) is 23.7 Å². The Morgan fingerprint density at radius 2 is 1.56 bits per heavy atom. The van der Waals surface area contributed by atoms with Gasteiger partial charge in [0, 0.05) is 30.8 Å². The average molecular weight is 477 g/mol. The van der Waals surface area contributed by atoms with Crippen molar-refractivity contribution < 1.29 is 41.7 Å². The van der Waals surface area contributed by atoms with Crippen LogP contribution in [0.4, 0.5) is 13.2 Å². The molecule has 0 unspecified atom stereocenters. The van der Waals surface area contributed by atoms with Gasteiger partial charge in [-0.2, -0.15) is 13.2 Å². The summed E-state index contributed by atoms with van der Waals surface area (Å²) in [6.45, 7) is 0.353. The molecule has 0 saturated heterocycles. The Morgan fingerprint density at radius 3 is 2.12 bits per heavy atom. The zero-order valence-electron chi connectivity index (χ0n) is 18.4. The molecule has 2 aromatic carbocycles. The van der Waals surface area contributed by atoms with Gasteiger partial charge >= 0.3 is 12.1 Å². The lowest BCUT2D eigenvalue weighted by molar-refractivity contribution is -0.137. The first kappa shape index (κ1) is 24.7. The van der Waals surface area contributed by atoms with Crippen LogP contribution in [0.3, 0.4) is 0 Å². The van der Waals surface area contributed by atoms with E-state index in [2.05, 4.69) is 4.98 Å². The van der Waals surface area contributed by atoms with Gasteiger partial charge in [-0.1, -0.05) is 18.2 Å². The fraction of sp³-hybridized carbons (Fsp3) is 0.250. The number of hydrogen-bond acceptors (Lipinski definition) is 7. The maximum Gasteiger partial charge on any atom is 0.417 e. The van der Waals surface area contributed by atoms with Crippen molar-refractivity contribution in [3.63, 3.8) is 0 Å². The number of hydrogen-bond donors (Lipinski definition) is 0. The van der Waals surface area contributed by atoms with Crippen molar-refractivity contribution in [3.8, 4) is 28.9 Å². The molecule has 1 aromatic heterocycles. The fourth-order valence-electron chi connectivity index (χ4n) is 2.84. The number of nitrogens with zero attached hydrogens (tertiary/aromatic N) is 1. The highest BCUT2D eigenvalue weighted by Gasteiger charge is 2.30. The minimum atomic E-state index is -4.45. The molecule has 3 aromatic rings. The molecule has 34 heavy (non-hydrogen) atoms. The summed E-state index contributed by atoms with van der Waals surface area (Å²) in [6.07, 6.45) is -3.33. The number of esters is 1. The lowest BCUT2D eigenvalue weighted by Gasteiger charge is -2.16. The Bertz CT molecular complexity index is 1060. The minimum absolute atomic E-state index is 0.0766. The van der Waals surface area contributed by atoms with E-state index in [0.29, 0.717) is 35.4 Å². The summed E-state index contributed by atoms with van der Waals surface area (Å²) < 4.78 is 65.0. The van der Waals surface area contributed by atoms with Crippen LogP contribution >= 0.6 is 0 Å². The highest BCUT2D eigenvalue weighted by atomic mass is 19.4. The second-order valence-corrected chi connectivity index (χ2v) is 6.85. The topological polar surface area (TPSA) is 76.1 Å². The maximum absolute atomic E-state index is 12.6. The molecule has 0 spiro atoms. The SMILES string of the molecule is COc1cc(OC(=O)c2ccccc2)cc(OC)c1OCCCOc1ccc(C(F)(F)F)cn1. The third kappa shape index (κ3) is 6.53. The quantitative estimate of drug-likeness (QED) is 0.226. The van der Waals surface area contributed by atoms with Gasteiger partial charge in [0.2, 0.25) is 11.6 Å². The Labute approximate surface area is 194 Å². The molecule has 0 aliphatic carbocycles. The van der Waals surface area contributed by atoms with E-state index in [-0.39, 0.29) is 24.8 Å². The third-order valence-corrected chi connectivity index (χ3v) is 4.50. The predicted octanol–water partition coefficient (Wildman–Crippen LogP) is 5.18. The van der Waals surface area contributed by atoms with E-state index in [1.54, 1.807) is 30.3 Å². The van der Waals surface area contributed by atoms with Gasteiger partial charge in [0.1, 0.15) is 5.75 Å². The minimum Gasteiger partial charge on any atom is -0.493 e. The molecule has 7 nitrogen and oxygen atoms in total. The highest BCUT2D eigenvalue weighted by Crippen LogP contribution is 2.41. The number of carbonyl (C=O) groups excluding carboxylic acids is 1. The molecule has 0 amide bonds. The molecule has 0 atom stereocenters. The number of carbonyl (C=O) groups is 1. The van der Waals surface area contributed by atoms with Crippen LogP contribution in [-0.4, -0.2) is 38.4 Å². The van der Waals surface area contributed by atoms with Gasteiger partial charge < -0.3 is 23.7 Å². The largest absolute Gasteiger partial charge is 0.493 e. The van der Waals surface area contributed by atoms with Crippen LogP contribution in [0.25, 0.3) is 0 Å². The number of alkyl halides is 3. The summed E-state index contributed by atoms with van der Waals surface area (Å²) in [7, 11) is 2.87. The van der Waals surface area contributed by atoms with E-state index >= 15 is 0 Å². The summed E-state index contributed by atoms with van der Waals surface area (Å²) in [5, 5.41) is 0. The van der Waals surface area contributed by atoms with E-state index in [9.17, 15) is 18.0 Å². The number of rotatable bonds is 10. The van der Waals surface area contributed by atoms with Crippen LogP contribution in [0.2, 0.25) is 0 Å². The predicted molar refractivity (Wildman–Crippen MR) is 116 cm³/mol. The van der Waals surface area contributed by atoms with Crippen molar-refractivity contribution in [1.29, 1.82) is 0 Å². The standard InChI is InChI=1S/C24H22F3NO6/c1-30-19-13-18(34-23(29)16-7-4-3-5-8-16)14-20(31-2)22(19)33-12-6-11-32-21-10-9-17(15-28-21)24(25,26)27/h3-5,7-10,13-15H,6,11-12H2,1-2H3. The van der Waals surface area contributed by atoms with Crippen molar-refractivity contribution in [1.82, 2.24) is 4.98 Å². The lowest BCUT2D eigenvalue weighted by atomic mass is 10.2. The number of methoxy groups -OCH3 is 2. The second kappa shape index (κ2) is 11.3. The van der Waals surface area contributed by atoms with Gasteiger partial charge in [0.15, 0.2) is 11.5 Å². The molecular formula is C24H22F3NO6. The number of benzene rings is 2. The van der Waals surface area contributed by atoms with E-state index in [1.165, 1.54) is 26.4 Å². The van der Waals surface area contributed by atoms with Crippen molar-refractivity contribution in [2.24, 2.45) is 0 Å². The molecule has 1 heterocycles. The summed E-state index contributed by atoms with van der Waals surface area (Å²) in [6, 6.07) is 13.6. The van der Waals surface area contributed by atoms with Gasteiger partial charge in [-0.3, -0.25) is 0 Å². The number of halogens is 3. The molecule has 0 bridgehead atoms. The van der Waals surface area contributed by atoms with Gasteiger partial charge in [-0.15, -0.1) is 0 Å². The van der Waals surface area contributed by atoms with Crippen LogP contribution in [0, 0.1) is 0 Å². The van der Waals surface area contributed by atoms with Crippen LogP contribution in [-0.2, 0) is 6.18 Å². The zero-order valence-corrected chi connectivity index (χ0v) is 18.4. The van der Waals surface area contributed by atoms with Crippen LogP contribution in [0.15, 0.2) is 60.8 Å². The molecule has 0 radical (unpaired) electrons. The average Bonchev–Trinajstić information content (AvgIpc) is 2.84. The normalized spacial score (nSPS) is 11.0. The zero-order chi connectivity index (χ0) is 24.6. The smallest absolute Gasteiger partial charge is 0.417 e. The third-order valence-electron chi connectivity index (χ3n) is 4.50. The van der Waals surface area contributed by atoms with Gasteiger partial charge in [0.05, 0.1) is 38.6 Å². The molecule has 0 fully saturated rings. The van der Waals surface area contributed by atoms with Crippen molar-refractivity contribution >= 4 is 5.97 Å². The van der Waals surface area contributed by atoms with E-state index < -0.39 is 17.7 Å². The van der Waals surface area contributed by atoms with Crippen LogP contribution in [0.1, 0.15) is 22.3 Å².